The molecule has 2 aromatic carbocycles. The molecular formula is C15H14N2S2. The summed E-state index contributed by atoms with van der Waals surface area (Å²) in [5.74, 6) is 0.948. The first-order chi connectivity index (χ1) is 9.24. The summed E-state index contributed by atoms with van der Waals surface area (Å²) >= 11 is 3.38. The fourth-order valence-electron chi connectivity index (χ4n) is 2.10. The van der Waals surface area contributed by atoms with E-state index in [0.29, 0.717) is 5.13 Å². The number of hydrogen-bond donors (Lipinski definition) is 1. The van der Waals surface area contributed by atoms with Crippen LogP contribution in [-0.2, 0) is 5.75 Å². The van der Waals surface area contributed by atoms with Crippen LogP contribution in [0, 0.1) is 6.92 Å². The number of fused-ring (bicyclic) bond motifs is 1. The SMILES string of the molecule is Cc1nc(N)sc1SCc1cccc2ccccc12. The predicted octanol–water partition coefficient (Wildman–Crippen LogP) is 4.48. The van der Waals surface area contributed by atoms with E-state index in [1.165, 1.54) is 20.5 Å². The highest BCUT2D eigenvalue weighted by atomic mass is 32.2. The van der Waals surface area contributed by atoms with E-state index in [1.807, 2.05) is 18.7 Å². The van der Waals surface area contributed by atoms with Crippen LogP contribution in [0.5, 0.6) is 0 Å². The van der Waals surface area contributed by atoms with Gasteiger partial charge in [-0.15, -0.1) is 11.8 Å². The molecule has 0 fully saturated rings. The fourth-order valence-corrected chi connectivity index (χ4v) is 4.13. The number of hydrogen-bond acceptors (Lipinski definition) is 4. The summed E-state index contributed by atoms with van der Waals surface area (Å²) in [4.78, 5) is 4.26. The number of anilines is 1. The lowest BCUT2D eigenvalue weighted by atomic mass is 10.1. The van der Waals surface area contributed by atoms with E-state index in [2.05, 4.69) is 47.4 Å². The standard InChI is InChI=1S/C15H14N2S2/c1-10-14(19-15(16)17-10)18-9-12-7-4-6-11-5-2-3-8-13(11)12/h2-8H,9H2,1H3,(H2,16,17). The molecule has 0 unspecified atom stereocenters. The number of benzene rings is 2. The Bertz CT molecular complexity index is 714. The minimum atomic E-state index is 0.651. The van der Waals surface area contributed by atoms with Crippen LogP contribution in [0.3, 0.4) is 0 Å². The van der Waals surface area contributed by atoms with Crippen LogP contribution < -0.4 is 5.73 Å². The van der Waals surface area contributed by atoms with Crippen molar-refractivity contribution in [2.45, 2.75) is 16.9 Å². The van der Waals surface area contributed by atoms with Gasteiger partial charge in [-0.05, 0) is 23.3 Å². The summed E-state index contributed by atoms with van der Waals surface area (Å²) in [6, 6.07) is 15.0. The van der Waals surface area contributed by atoms with Crippen molar-refractivity contribution in [1.29, 1.82) is 0 Å². The number of thioether (sulfide) groups is 1. The maximum Gasteiger partial charge on any atom is 0.181 e. The van der Waals surface area contributed by atoms with Gasteiger partial charge in [0.25, 0.3) is 0 Å². The maximum atomic E-state index is 5.73. The summed E-state index contributed by atoms with van der Waals surface area (Å²) in [5, 5.41) is 3.27. The number of rotatable bonds is 3. The molecule has 0 aliphatic heterocycles. The van der Waals surface area contributed by atoms with Gasteiger partial charge in [0.15, 0.2) is 5.13 Å². The molecular weight excluding hydrogens is 272 g/mol. The van der Waals surface area contributed by atoms with Crippen molar-refractivity contribution in [1.82, 2.24) is 4.98 Å². The normalized spacial score (nSPS) is 11.0. The highest BCUT2D eigenvalue weighted by Crippen LogP contribution is 2.34. The Hall–Kier alpha value is -1.52. The molecule has 19 heavy (non-hydrogen) atoms. The quantitative estimate of drug-likeness (QED) is 0.721. The first kappa shape index (κ1) is 12.5. The molecule has 0 aliphatic rings. The first-order valence-corrected chi connectivity index (χ1v) is 7.86. The van der Waals surface area contributed by atoms with Gasteiger partial charge >= 0.3 is 0 Å². The van der Waals surface area contributed by atoms with Crippen LogP contribution in [0.4, 0.5) is 5.13 Å². The summed E-state index contributed by atoms with van der Waals surface area (Å²) in [5.41, 5.74) is 8.12. The second-order valence-corrected chi connectivity index (χ2v) is 6.63. The molecule has 3 rings (SSSR count). The largest absolute Gasteiger partial charge is 0.375 e. The average molecular weight is 286 g/mol. The molecule has 0 atom stereocenters. The molecule has 0 aliphatic carbocycles. The van der Waals surface area contributed by atoms with Crippen LogP contribution >= 0.6 is 23.1 Å². The predicted molar refractivity (Wildman–Crippen MR) is 84.8 cm³/mol. The Morgan fingerprint density at radius 3 is 2.74 bits per heavy atom. The molecule has 1 heterocycles. The van der Waals surface area contributed by atoms with E-state index in [4.69, 9.17) is 5.73 Å². The third kappa shape index (κ3) is 2.60. The Kier molecular flexibility index (Phi) is 3.44. The van der Waals surface area contributed by atoms with Crippen molar-refractivity contribution < 1.29 is 0 Å². The minimum Gasteiger partial charge on any atom is -0.375 e. The molecule has 0 bridgehead atoms. The van der Waals surface area contributed by atoms with Gasteiger partial charge in [0.05, 0.1) is 9.90 Å². The lowest BCUT2D eigenvalue weighted by molar-refractivity contribution is 1.21. The number of thiazole rings is 1. The second kappa shape index (κ2) is 5.23. The van der Waals surface area contributed by atoms with Crippen molar-refractivity contribution in [3.63, 3.8) is 0 Å². The molecule has 96 valence electrons. The van der Waals surface area contributed by atoms with Crippen LogP contribution in [0.25, 0.3) is 10.8 Å². The zero-order valence-corrected chi connectivity index (χ0v) is 12.2. The van der Waals surface area contributed by atoms with Crippen molar-refractivity contribution in [3.05, 3.63) is 53.7 Å². The van der Waals surface area contributed by atoms with Crippen LogP contribution in [-0.4, -0.2) is 4.98 Å². The molecule has 0 spiro atoms. The van der Waals surface area contributed by atoms with E-state index < -0.39 is 0 Å². The number of aryl methyl sites for hydroxylation is 1. The Morgan fingerprint density at radius 1 is 1.16 bits per heavy atom. The highest BCUT2D eigenvalue weighted by molar-refractivity contribution is 8.00. The number of nitrogens with zero attached hydrogens (tertiary/aromatic N) is 1. The summed E-state index contributed by atoms with van der Waals surface area (Å²) in [6.07, 6.45) is 0. The topological polar surface area (TPSA) is 38.9 Å². The summed E-state index contributed by atoms with van der Waals surface area (Å²) < 4.78 is 1.21. The van der Waals surface area contributed by atoms with Crippen molar-refractivity contribution in [2.75, 3.05) is 5.73 Å². The van der Waals surface area contributed by atoms with Gasteiger partial charge in [-0.1, -0.05) is 53.8 Å². The highest BCUT2D eigenvalue weighted by Gasteiger charge is 2.07. The van der Waals surface area contributed by atoms with Gasteiger partial charge in [-0.2, -0.15) is 0 Å². The number of aromatic nitrogens is 1. The molecule has 0 radical (unpaired) electrons. The lowest BCUT2D eigenvalue weighted by Gasteiger charge is -2.05. The van der Waals surface area contributed by atoms with Gasteiger partial charge < -0.3 is 5.73 Å². The number of nitrogen functional groups attached to an aromatic ring is 1. The maximum absolute atomic E-state index is 5.73. The molecule has 0 saturated heterocycles. The third-order valence-electron chi connectivity index (χ3n) is 3.01. The monoisotopic (exact) mass is 286 g/mol. The van der Waals surface area contributed by atoms with E-state index >= 15 is 0 Å². The fraction of sp³-hybridized carbons (Fsp3) is 0.133. The molecule has 3 aromatic rings. The number of nitrogens with two attached hydrogens (primary N) is 1. The zero-order valence-electron chi connectivity index (χ0n) is 10.6. The zero-order chi connectivity index (χ0) is 13.2. The molecule has 1 aromatic heterocycles. The molecule has 2 N–H and O–H groups in total. The van der Waals surface area contributed by atoms with E-state index in [9.17, 15) is 0 Å². The van der Waals surface area contributed by atoms with E-state index in [1.54, 1.807) is 11.3 Å². The Morgan fingerprint density at radius 2 is 1.95 bits per heavy atom. The van der Waals surface area contributed by atoms with Gasteiger partial charge in [0.1, 0.15) is 0 Å². The van der Waals surface area contributed by atoms with Gasteiger partial charge in [-0.3, -0.25) is 0 Å². The molecule has 4 heteroatoms. The van der Waals surface area contributed by atoms with Crippen LogP contribution in [0.2, 0.25) is 0 Å². The van der Waals surface area contributed by atoms with Crippen LogP contribution in [0.1, 0.15) is 11.3 Å². The summed E-state index contributed by atoms with van der Waals surface area (Å²) in [6.45, 7) is 2.01. The molecule has 0 amide bonds. The van der Waals surface area contributed by atoms with Gasteiger partial charge in [-0.25, -0.2) is 4.98 Å². The van der Waals surface area contributed by atoms with Crippen molar-refractivity contribution in [2.24, 2.45) is 0 Å². The van der Waals surface area contributed by atoms with Crippen molar-refractivity contribution >= 4 is 39.0 Å². The second-order valence-electron chi connectivity index (χ2n) is 4.35. The molecule has 0 saturated carbocycles. The Balaban J connectivity index is 1.88. The van der Waals surface area contributed by atoms with Gasteiger partial charge in [0, 0.05) is 5.75 Å². The average Bonchev–Trinajstić information content (AvgIpc) is 2.74. The third-order valence-corrected chi connectivity index (χ3v) is 5.41. The lowest BCUT2D eigenvalue weighted by Crippen LogP contribution is -1.84. The van der Waals surface area contributed by atoms with Crippen molar-refractivity contribution in [3.8, 4) is 0 Å². The summed E-state index contributed by atoms with van der Waals surface area (Å²) in [7, 11) is 0. The van der Waals surface area contributed by atoms with E-state index in [-0.39, 0.29) is 0 Å². The van der Waals surface area contributed by atoms with E-state index in [0.717, 1.165) is 11.4 Å². The molecule has 2 nitrogen and oxygen atoms in total. The smallest absolute Gasteiger partial charge is 0.181 e. The Labute approximate surface area is 120 Å². The minimum absolute atomic E-state index is 0.651. The first-order valence-electron chi connectivity index (χ1n) is 6.06. The van der Waals surface area contributed by atoms with Gasteiger partial charge in [0.2, 0.25) is 0 Å². The van der Waals surface area contributed by atoms with Crippen LogP contribution in [0.15, 0.2) is 46.7 Å².